The maximum absolute atomic E-state index is 6.01. The Morgan fingerprint density at radius 1 is 1.04 bits per heavy atom. The smallest absolute Gasteiger partial charge is 0.196 e. The Hall–Kier alpha value is -3.41. The maximum Gasteiger partial charge on any atom is 0.196 e. The molecule has 0 bridgehead atoms. The third kappa shape index (κ3) is 2.30. The molecule has 1 N–H and O–H groups in total. The number of nitrogens with one attached hydrogen (secondary N) is 1. The number of furan rings is 1. The van der Waals surface area contributed by atoms with E-state index < -0.39 is 0 Å². The second-order valence-electron chi connectivity index (χ2n) is 6.97. The molecule has 0 spiro atoms. The Bertz CT molecular complexity index is 1300. The number of fused-ring (bicyclic) bond motifs is 4. The molecule has 0 aliphatic heterocycles. The van der Waals surface area contributed by atoms with Crippen LogP contribution in [-0.2, 0) is 6.54 Å². The van der Waals surface area contributed by atoms with Crippen LogP contribution in [0.5, 0.6) is 0 Å². The summed E-state index contributed by atoms with van der Waals surface area (Å²) in [6.07, 6.45) is 4.01. The minimum absolute atomic E-state index is 0.561. The van der Waals surface area contributed by atoms with E-state index in [0.717, 1.165) is 27.8 Å². The van der Waals surface area contributed by atoms with Crippen molar-refractivity contribution < 1.29 is 4.42 Å². The third-order valence-electron chi connectivity index (χ3n) is 5.15. The molecular formula is C21H17N5O. The van der Waals surface area contributed by atoms with Gasteiger partial charge < -0.3 is 14.3 Å². The molecular weight excluding hydrogens is 338 g/mol. The topological polar surface area (TPSA) is 68.8 Å². The van der Waals surface area contributed by atoms with Gasteiger partial charge in [-0.2, -0.15) is 0 Å². The minimum atomic E-state index is 0.561. The molecule has 1 aliphatic rings. The zero-order chi connectivity index (χ0) is 17.8. The van der Waals surface area contributed by atoms with E-state index in [0.29, 0.717) is 24.0 Å². The van der Waals surface area contributed by atoms with Crippen LogP contribution in [-0.4, -0.2) is 19.5 Å². The lowest BCUT2D eigenvalue weighted by atomic mass is 10.2. The van der Waals surface area contributed by atoms with Crippen LogP contribution in [0.1, 0.15) is 24.7 Å². The van der Waals surface area contributed by atoms with Crippen molar-refractivity contribution in [3.8, 4) is 0 Å². The highest BCUT2D eigenvalue weighted by atomic mass is 16.3. The molecule has 1 saturated carbocycles. The lowest BCUT2D eigenvalue weighted by Crippen LogP contribution is -2.09. The van der Waals surface area contributed by atoms with Gasteiger partial charge in [-0.3, -0.25) is 0 Å². The van der Waals surface area contributed by atoms with Gasteiger partial charge >= 0.3 is 0 Å². The molecule has 6 nitrogen and oxygen atoms in total. The predicted octanol–water partition coefficient (Wildman–Crippen LogP) is 4.67. The molecule has 1 fully saturated rings. The molecule has 6 rings (SSSR count). The van der Waals surface area contributed by atoms with Crippen LogP contribution in [0.2, 0.25) is 0 Å². The zero-order valence-electron chi connectivity index (χ0n) is 14.6. The van der Waals surface area contributed by atoms with Crippen molar-refractivity contribution in [2.24, 2.45) is 0 Å². The molecule has 132 valence electrons. The van der Waals surface area contributed by atoms with Crippen molar-refractivity contribution in [1.29, 1.82) is 0 Å². The van der Waals surface area contributed by atoms with Crippen molar-refractivity contribution in [2.45, 2.75) is 25.4 Å². The number of benzene rings is 2. The second kappa shape index (κ2) is 5.54. The van der Waals surface area contributed by atoms with Gasteiger partial charge in [0.05, 0.1) is 17.6 Å². The largest absolute Gasteiger partial charge is 0.450 e. The molecule has 0 radical (unpaired) electrons. The van der Waals surface area contributed by atoms with Gasteiger partial charge in [0.1, 0.15) is 23.3 Å². The fraction of sp³-hybridized carbons (Fsp3) is 0.190. The third-order valence-corrected chi connectivity index (χ3v) is 5.15. The van der Waals surface area contributed by atoms with Crippen LogP contribution in [0.15, 0.2) is 59.3 Å². The highest BCUT2D eigenvalue weighted by molar-refractivity contribution is 6.05. The SMILES string of the molecule is c1ccc2c(c1)nc(CNc1ncnc3c1oc1ccccc13)n2C1CC1. The van der Waals surface area contributed by atoms with E-state index in [1.54, 1.807) is 6.33 Å². The Balaban J connectivity index is 1.41. The number of imidazole rings is 1. The summed E-state index contributed by atoms with van der Waals surface area (Å²) in [6.45, 7) is 0.592. The van der Waals surface area contributed by atoms with E-state index in [-0.39, 0.29) is 0 Å². The summed E-state index contributed by atoms with van der Waals surface area (Å²) in [4.78, 5) is 13.7. The summed E-state index contributed by atoms with van der Waals surface area (Å²) in [5.74, 6) is 1.73. The first kappa shape index (κ1) is 14.7. The summed E-state index contributed by atoms with van der Waals surface area (Å²) in [7, 11) is 0. The highest BCUT2D eigenvalue weighted by Gasteiger charge is 2.28. The lowest BCUT2D eigenvalue weighted by molar-refractivity contribution is 0.665. The standard InChI is InChI=1S/C21H17N5O/c1-4-8-17-14(5-1)19-20(27-17)21(24-12-23-19)22-11-18-25-15-6-2-3-7-16(15)26(18)13-9-10-13/h1-8,12-13H,9-11H2,(H,22,23,24). The molecule has 1 aliphatic carbocycles. The van der Waals surface area contributed by atoms with Crippen LogP contribution in [0.3, 0.4) is 0 Å². The summed E-state index contributed by atoms with van der Waals surface area (Å²) < 4.78 is 8.37. The van der Waals surface area contributed by atoms with E-state index in [1.807, 2.05) is 30.3 Å². The molecule has 2 aromatic carbocycles. The summed E-state index contributed by atoms with van der Waals surface area (Å²) in [6, 6.07) is 16.8. The zero-order valence-corrected chi connectivity index (χ0v) is 14.6. The van der Waals surface area contributed by atoms with E-state index >= 15 is 0 Å². The first-order valence-corrected chi connectivity index (χ1v) is 9.20. The van der Waals surface area contributed by atoms with Gasteiger partial charge in [0, 0.05) is 11.4 Å². The summed E-state index contributed by atoms with van der Waals surface area (Å²) >= 11 is 0. The number of aromatic nitrogens is 4. The number of nitrogens with zero attached hydrogens (tertiary/aromatic N) is 4. The van der Waals surface area contributed by atoms with Gasteiger partial charge in [0.25, 0.3) is 0 Å². The number of rotatable bonds is 4. The molecule has 0 saturated heterocycles. The van der Waals surface area contributed by atoms with Crippen LogP contribution in [0.25, 0.3) is 33.1 Å². The van der Waals surface area contributed by atoms with E-state index in [9.17, 15) is 0 Å². The van der Waals surface area contributed by atoms with Gasteiger partial charge in [0.2, 0.25) is 0 Å². The van der Waals surface area contributed by atoms with Crippen LogP contribution in [0.4, 0.5) is 5.82 Å². The molecule has 0 amide bonds. The van der Waals surface area contributed by atoms with Gasteiger partial charge in [-0.15, -0.1) is 0 Å². The molecule has 3 aromatic heterocycles. The first-order chi connectivity index (χ1) is 13.4. The molecule has 27 heavy (non-hydrogen) atoms. The Labute approximate surface area is 154 Å². The van der Waals surface area contributed by atoms with Crippen LogP contribution in [0, 0.1) is 0 Å². The van der Waals surface area contributed by atoms with E-state index in [4.69, 9.17) is 9.40 Å². The average Bonchev–Trinajstić information content (AvgIpc) is 3.36. The van der Waals surface area contributed by atoms with E-state index in [2.05, 4.69) is 38.1 Å². The molecule has 0 atom stereocenters. The van der Waals surface area contributed by atoms with Gasteiger partial charge in [-0.25, -0.2) is 15.0 Å². The first-order valence-electron chi connectivity index (χ1n) is 9.20. The van der Waals surface area contributed by atoms with Gasteiger partial charge in [-0.05, 0) is 37.1 Å². The average molecular weight is 355 g/mol. The number of para-hydroxylation sites is 3. The quantitative estimate of drug-likeness (QED) is 0.507. The summed E-state index contributed by atoms with van der Waals surface area (Å²) in [5, 5.41) is 4.42. The fourth-order valence-corrected chi connectivity index (χ4v) is 3.77. The minimum Gasteiger partial charge on any atom is -0.450 e. The Kier molecular flexibility index (Phi) is 3.02. The van der Waals surface area contributed by atoms with Crippen molar-refractivity contribution in [3.05, 3.63) is 60.7 Å². The monoisotopic (exact) mass is 355 g/mol. The van der Waals surface area contributed by atoms with Gasteiger partial charge in [-0.1, -0.05) is 24.3 Å². The fourth-order valence-electron chi connectivity index (χ4n) is 3.77. The van der Waals surface area contributed by atoms with Crippen molar-refractivity contribution in [3.63, 3.8) is 0 Å². The normalized spacial score (nSPS) is 14.4. The lowest BCUT2D eigenvalue weighted by Gasteiger charge is -2.09. The molecule has 5 aromatic rings. The molecule has 3 heterocycles. The van der Waals surface area contributed by atoms with Crippen molar-refractivity contribution in [1.82, 2.24) is 19.5 Å². The second-order valence-corrected chi connectivity index (χ2v) is 6.97. The summed E-state index contributed by atoms with van der Waals surface area (Å²) in [5.41, 5.74) is 4.58. The van der Waals surface area contributed by atoms with Crippen LogP contribution >= 0.6 is 0 Å². The Morgan fingerprint density at radius 2 is 1.89 bits per heavy atom. The highest BCUT2D eigenvalue weighted by Crippen LogP contribution is 2.39. The molecule has 6 heteroatoms. The van der Waals surface area contributed by atoms with Crippen molar-refractivity contribution in [2.75, 3.05) is 5.32 Å². The molecule has 0 unspecified atom stereocenters. The predicted molar refractivity (Wildman–Crippen MR) is 105 cm³/mol. The number of hydrogen-bond acceptors (Lipinski definition) is 5. The van der Waals surface area contributed by atoms with Crippen LogP contribution < -0.4 is 5.32 Å². The Morgan fingerprint density at radius 3 is 2.81 bits per heavy atom. The van der Waals surface area contributed by atoms with Gasteiger partial charge in [0.15, 0.2) is 11.4 Å². The van der Waals surface area contributed by atoms with E-state index in [1.165, 1.54) is 18.4 Å². The number of hydrogen-bond donors (Lipinski definition) is 1. The van der Waals surface area contributed by atoms with Crippen molar-refractivity contribution >= 4 is 38.9 Å². The maximum atomic E-state index is 6.01. The number of anilines is 1.